The first-order chi connectivity index (χ1) is 13.3. The van der Waals surface area contributed by atoms with Gasteiger partial charge in [0, 0.05) is 26.0 Å². The second kappa shape index (κ2) is 17.2. The van der Waals surface area contributed by atoms with Crippen LogP contribution in [0.4, 0.5) is 0 Å². The molecule has 0 spiro atoms. The van der Waals surface area contributed by atoms with Crippen molar-refractivity contribution in [2.75, 3.05) is 13.2 Å². The Kier molecular flexibility index (Phi) is 15.4. The molecule has 0 aromatic carbocycles. The lowest BCUT2D eigenvalue weighted by molar-refractivity contribution is -0.138. The number of aliphatic hydroxyl groups is 1. The Morgan fingerprint density at radius 2 is 0.815 bits per heavy atom. The van der Waals surface area contributed by atoms with Gasteiger partial charge in [-0.2, -0.15) is 0 Å². The monoisotopic (exact) mass is 381 g/mol. The fraction of sp³-hybridized carbons (Fsp3) is 0.913. The highest BCUT2D eigenvalue weighted by atomic mass is 16.3. The number of likely N-dealkylation sites (tertiary alicyclic amines) is 1. The quantitative estimate of drug-likeness (QED) is 0.229. The standard InChI is InChI=1S/C23H43NO3/c25-21-17-15-13-11-9-7-5-3-1-2-4-6-8-10-12-14-16-20-24-22(26)18-19-23(24)27/h25H,1-21H2. The molecule has 0 unspecified atom stereocenters. The van der Waals surface area contributed by atoms with Gasteiger partial charge in [-0.05, 0) is 12.8 Å². The van der Waals surface area contributed by atoms with Crippen molar-refractivity contribution in [3.8, 4) is 0 Å². The summed E-state index contributed by atoms with van der Waals surface area (Å²) in [6, 6.07) is 0. The first-order valence-corrected chi connectivity index (χ1v) is 11.7. The highest BCUT2D eigenvalue weighted by Crippen LogP contribution is 2.15. The zero-order valence-corrected chi connectivity index (χ0v) is 17.6. The molecule has 0 radical (unpaired) electrons. The van der Waals surface area contributed by atoms with Crippen LogP contribution in [-0.2, 0) is 9.59 Å². The minimum absolute atomic E-state index is 0.0260. The summed E-state index contributed by atoms with van der Waals surface area (Å²) in [5.41, 5.74) is 0. The van der Waals surface area contributed by atoms with Crippen LogP contribution in [0.1, 0.15) is 122 Å². The molecule has 1 saturated heterocycles. The topological polar surface area (TPSA) is 57.6 Å². The number of aliphatic hydroxyl groups excluding tert-OH is 1. The highest BCUT2D eigenvalue weighted by Gasteiger charge is 2.27. The molecule has 1 aliphatic rings. The van der Waals surface area contributed by atoms with Crippen LogP contribution in [0.3, 0.4) is 0 Å². The van der Waals surface area contributed by atoms with Crippen LogP contribution in [0.5, 0.6) is 0 Å². The zero-order chi connectivity index (χ0) is 19.6. The highest BCUT2D eigenvalue weighted by molar-refractivity contribution is 6.01. The third-order valence-electron chi connectivity index (χ3n) is 5.69. The number of unbranched alkanes of at least 4 members (excludes halogenated alkanes) is 16. The van der Waals surface area contributed by atoms with E-state index in [9.17, 15) is 9.59 Å². The molecule has 0 atom stereocenters. The van der Waals surface area contributed by atoms with E-state index in [1.165, 1.54) is 94.8 Å². The van der Waals surface area contributed by atoms with E-state index in [0.717, 1.165) is 19.3 Å². The second-order valence-electron chi connectivity index (χ2n) is 8.17. The Hall–Kier alpha value is -0.900. The number of hydrogen-bond acceptors (Lipinski definition) is 3. The summed E-state index contributed by atoms with van der Waals surface area (Å²) >= 11 is 0. The van der Waals surface area contributed by atoms with Gasteiger partial charge in [-0.25, -0.2) is 0 Å². The summed E-state index contributed by atoms with van der Waals surface area (Å²) in [5, 5.41) is 8.72. The van der Waals surface area contributed by atoms with E-state index in [2.05, 4.69) is 0 Å². The summed E-state index contributed by atoms with van der Waals surface area (Å²) in [5.74, 6) is 0.0519. The molecule has 158 valence electrons. The lowest BCUT2D eigenvalue weighted by atomic mass is 10.0. The predicted octanol–water partition coefficient (Wildman–Crippen LogP) is 5.76. The van der Waals surface area contributed by atoms with Crippen molar-refractivity contribution >= 4 is 11.8 Å². The Bertz CT molecular complexity index is 368. The molecular weight excluding hydrogens is 338 g/mol. The third kappa shape index (κ3) is 13.0. The Morgan fingerprint density at radius 1 is 0.519 bits per heavy atom. The molecule has 4 heteroatoms. The average Bonchev–Trinajstić information content (AvgIpc) is 2.99. The van der Waals surface area contributed by atoms with Gasteiger partial charge in [0.25, 0.3) is 0 Å². The molecule has 27 heavy (non-hydrogen) atoms. The second-order valence-corrected chi connectivity index (χ2v) is 8.17. The summed E-state index contributed by atoms with van der Waals surface area (Å²) in [6.07, 6.45) is 22.6. The summed E-state index contributed by atoms with van der Waals surface area (Å²) in [7, 11) is 0. The van der Waals surface area contributed by atoms with Crippen LogP contribution in [0.15, 0.2) is 0 Å². The van der Waals surface area contributed by atoms with Gasteiger partial charge in [-0.1, -0.05) is 96.3 Å². The third-order valence-corrected chi connectivity index (χ3v) is 5.69. The van der Waals surface area contributed by atoms with E-state index in [1.54, 1.807) is 0 Å². The first-order valence-electron chi connectivity index (χ1n) is 11.7. The van der Waals surface area contributed by atoms with Crippen LogP contribution < -0.4 is 0 Å². The minimum atomic E-state index is 0.0260. The van der Waals surface area contributed by atoms with Gasteiger partial charge in [0.05, 0.1) is 0 Å². The van der Waals surface area contributed by atoms with Crippen LogP contribution >= 0.6 is 0 Å². The lowest BCUT2D eigenvalue weighted by Gasteiger charge is -2.13. The van der Waals surface area contributed by atoms with Crippen molar-refractivity contribution in [1.82, 2.24) is 4.90 Å². The first kappa shape index (κ1) is 24.1. The van der Waals surface area contributed by atoms with E-state index >= 15 is 0 Å². The lowest BCUT2D eigenvalue weighted by Crippen LogP contribution is -2.29. The normalized spacial score (nSPS) is 14.5. The summed E-state index contributed by atoms with van der Waals surface area (Å²) < 4.78 is 0. The fourth-order valence-electron chi connectivity index (χ4n) is 3.91. The van der Waals surface area contributed by atoms with Crippen molar-refractivity contribution in [2.24, 2.45) is 0 Å². The number of hydrogen-bond donors (Lipinski definition) is 1. The van der Waals surface area contributed by atoms with Gasteiger partial charge < -0.3 is 5.11 Å². The van der Waals surface area contributed by atoms with Crippen LogP contribution in [-0.4, -0.2) is 35.0 Å². The van der Waals surface area contributed by atoms with Crippen LogP contribution in [0.2, 0.25) is 0 Å². The Labute approximate surface area is 167 Å². The van der Waals surface area contributed by atoms with Gasteiger partial charge in [0.15, 0.2) is 0 Å². The molecular formula is C23H43NO3. The van der Waals surface area contributed by atoms with Crippen molar-refractivity contribution in [3.05, 3.63) is 0 Å². The SMILES string of the molecule is O=C1CCC(=O)N1CCCCCCCCCCCCCCCCCCCO. The summed E-state index contributed by atoms with van der Waals surface area (Å²) in [4.78, 5) is 24.4. The van der Waals surface area contributed by atoms with E-state index in [4.69, 9.17) is 5.11 Å². The van der Waals surface area contributed by atoms with Crippen LogP contribution in [0, 0.1) is 0 Å². The largest absolute Gasteiger partial charge is 0.396 e. The van der Waals surface area contributed by atoms with E-state index in [0.29, 0.717) is 26.0 Å². The molecule has 0 bridgehead atoms. The minimum Gasteiger partial charge on any atom is -0.396 e. The maximum Gasteiger partial charge on any atom is 0.229 e. The van der Waals surface area contributed by atoms with Gasteiger partial charge >= 0.3 is 0 Å². The van der Waals surface area contributed by atoms with Crippen molar-refractivity contribution in [2.45, 2.75) is 122 Å². The molecule has 1 N–H and O–H groups in total. The van der Waals surface area contributed by atoms with E-state index in [1.807, 2.05) is 0 Å². The number of amides is 2. The molecule has 1 aliphatic heterocycles. The molecule has 0 aromatic rings. The molecule has 0 aromatic heterocycles. The molecule has 1 fully saturated rings. The number of carbonyl (C=O) groups is 2. The molecule has 1 rings (SSSR count). The fourth-order valence-corrected chi connectivity index (χ4v) is 3.91. The van der Waals surface area contributed by atoms with E-state index < -0.39 is 0 Å². The number of nitrogens with zero attached hydrogens (tertiary/aromatic N) is 1. The van der Waals surface area contributed by atoms with Crippen molar-refractivity contribution in [1.29, 1.82) is 0 Å². The Balaban J connectivity index is 1.71. The van der Waals surface area contributed by atoms with Gasteiger partial charge in [0.1, 0.15) is 0 Å². The van der Waals surface area contributed by atoms with E-state index in [-0.39, 0.29) is 11.8 Å². The van der Waals surface area contributed by atoms with Crippen molar-refractivity contribution in [3.63, 3.8) is 0 Å². The zero-order valence-electron chi connectivity index (χ0n) is 17.6. The van der Waals surface area contributed by atoms with Gasteiger partial charge in [-0.15, -0.1) is 0 Å². The average molecular weight is 382 g/mol. The van der Waals surface area contributed by atoms with Crippen molar-refractivity contribution < 1.29 is 14.7 Å². The van der Waals surface area contributed by atoms with Gasteiger partial charge in [0.2, 0.25) is 11.8 Å². The maximum atomic E-state index is 11.5. The predicted molar refractivity (Wildman–Crippen MR) is 112 cm³/mol. The molecule has 2 amide bonds. The molecule has 4 nitrogen and oxygen atoms in total. The number of rotatable bonds is 19. The number of carbonyl (C=O) groups excluding carboxylic acids is 2. The number of imide groups is 1. The smallest absolute Gasteiger partial charge is 0.229 e. The maximum absolute atomic E-state index is 11.5. The Morgan fingerprint density at radius 3 is 1.15 bits per heavy atom. The summed E-state index contributed by atoms with van der Waals surface area (Å²) in [6.45, 7) is 0.989. The van der Waals surface area contributed by atoms with Gasteiger partial charge in [-0.3, -0.25) is 14.5 Å². The molecule has 1 heterocycles. The molecule has 0 saturated carbocycles. The van der Waals surface area contributed by atoms with Crippen LogP contribution in [0.25, 0.3) is 0 Å². The molecule has 0 aliphatic carbocycles.